The van der Waals surface area contributed by atoms with Crippen LogP contribution in [0.15, 0.2) is 34.9 Å². The van der Waals surface area contributed by atoms with Gasteiger partial charge in [-0.15, -0.1) is 0 Å². The number of aliphatic hydroxyl groups excluding tert-OH is 1. The SMILES string of the molecule is Cc1c(Br)c2cc(Nc3nccc(CN4CCC(O)C4)n3)ccc2n1C. The van der Waals surface area contributed by atoms with E-state index in [9.17, 15) is 5.11 Å². The predicted octanol–water partition coefficient (Wildman–Crippen LogP) is 3.35. The van der Waals surface area contributed by atoms with Gasteiger partial charge in [0.15, 0.2) is 0 Å². The molecule has 0 amide bonds. The summed E-state index contributed by atoms with van der Waals surface area (Å²) < 4.78 is 3.28. The van der Waals surface area contributed by atoms with Crippen molar-refractivity contribution in [3.8, 4) is 0 Å². The Hall–Kier alpha value is -1.96. The Balaban J connectivity index is 1.54. The molecular weight excluding hydrogens is 394 g/mol. The number of nitrogens with zero attached hydrogens (tertiary/aromatic N) is 4. The zero-order valence-corrected chi connectivity index (χ0v) is 16.5. The Morgan fingerprint density at radius 3 is 2.96 bits per heavy atom. The fraction of sp³-hybridized carbons (Fsp3) is 0.368. The maximum absolute atomic E-state index is 9.66. The molecule has 0 radical (unpaired) electrons. The number of rotatable bonds is 4. The van der Waals surface area contributed by atoms with Crippen molar-refractivity contribution >= 4 is 38.5 Å². The molecule has 7 heteroatoms. The zero-order valence-electron chi connectivity index (χ0n) is 14.9. The topological polar surface area (TPSA) is 66.2 Å². The minimum Gasteiger partial charge on any atom is -0.392 e. The van der Waals surface area contributed by atoms with Crippen LogP contribution in [0.3, 0.4) is 0 Å². The van der Waals surface area contributed by atoms with Gasteiger partial charge in [0.05, 0.1) is 11.8 Å². The summed E-state index contributed by atoms with van der Waals surface area (Å²) in [6.07, 6.45) is 2.40. The zero-order chi connectivity index (χ0) is 18.3. The van der Waals surface area contributed by atoms with Crippen LogP contribution in [-0.2, 0) is 13.6 Å². The number of likely N-dealkylation sites (tertiary alicyclic amines) is 1. The Morgan fingerprint density at radius 1 is 1.35 bits per heavy atom. The average Bonchev–Trinajstić information content (AvgIpc) is 3.12. The van der Waals surface area contributed by atoms with E-state index in [1.807, 2.05) is 12.1 Å². The summed E-state index contributed by atoms with van der Waals surface area (Å²) in [6, 6.07) is 8.18. The number of nitrogens with one attached hydrogen (secondary N) is 1. The van der Waals surface area contributed by atoms with Crippen LogP contribution in [0.1, 0.15) is 17.8 Å². The molecule has 2 aromatic heterocycles. The summed E-state index contributed by atoms with van der Waals surface area (Å²) in [5.74, 6) is 0.588. The van der Waals surface area contributed by atoms with E-state index in [0.29, 0.717) is 12.5 Å². The van der Waals surface area contributed by atoms with Gasteiger partial charge < -0.3 is 15.0 Å². The molecule has 4 rings (SSSR count). The van der Waals surface area contributed by atoms with Crippen molar-refractivity contribution in [1.29, 1.82) is 0 Å². The Labute approximate surface area is 161 Å². The highest BCUT2D eigenvalue weighted by atomic mass is 79.9. The summed E-state index contributed by atoms with van der Waals surface area (Å²) in [6.45, 7) is 4.45. The third-order valence-electron chi connectivity index (χ3n) is 5.02. The van der Waals surface area contributed by atoms with Crippen molar-refractivity contribution in [2.75, 3.05) is 18.4 Å². The van der Waals surface area contributed by atoms with Gasteiger partial charge in [0, 0.05) is 59.6 Å². The van der Waals surface area contributed by atoms with Gasteiger partial charge in [-0.1, -0.05) is 0 Å². The lowest BCUT2D eigenvalue weighted by Gasteiger charge is -2.14. The van der Waals surface area contributed by atoms with E-state index in [2.05, 4.69) is 66.8 Å². The summed E-state index contributed by atoms with van der Waals surface area (Å²) in [7, 11) is 2.07. The molecule has 1 unspecified atom stereocenters. The molecule has 1 aliphatic rings. The van der Waals surface area contributed by atoms with Gasteiger partial charge in [-0.25, -0.2) is 9.97 Å². The quantitative estimate of drug-likeness (QED) is 0.683. The van der Waals surface area contributed by atoms with Crippen molar-refractivity contribution in [2.24, 2.45) is 7.05 Å². The Morgan fingerprint density at radius 2 is 2.19 bits per heavy atom. The van der Waals surface area contributed by atoms with Gasteiger partial charge in [0.1, 0.15) is 0 Å². The molecule has 1 aliphatic heterocycles. The first-order valence-electron chi connectivity index (χ1n) is 8.75. The number of hydrogen-bond donors (Lipinski definition) is 2. The molecular formula is C19H22BrN5O. The first-order chi connectivity index (χ1) is 12.5. The highest BCUT2D eigenvalue weighted by Crippen LogP contribution is 2.32. The van der Waals surface area contributed by atoms with Gasteiger partial charge in [-0.3, -0.25) is 4.90 Å². The summed E-state index contributed by atoms with van der Waals surface area (Å²) in [5, 5.41) is 14.1. The molecule has 0 spiro atoms. The molecule has 2 N–H and O–H groups in total. The Bertz CT molecular complexity index is 954. The first kappa shape index (κ1) is 17.5. The van der Waals surface area contributed by atoms with E-state index in [0.717, 1.165) is 40.8 Å². The first-order valence-corrected chi connectivity index (χ1v) is 9.54. The Kier molecular flexibility index (Phi) is 4.69. The van der Waals surface area contributed by atoms with Gasteiger partial charge in [-0.05, 0) is 53.5 Å². The van der Waals surface area contributed by atoms with Gasteiger partial charge >= 0.3 is 0 Å². The normalized spacial score (nSPS) is 17.9. The molecule has 1 aromatic carbocycles. The molecule has 26 heavy (non-hydrogen) atoms. The average molecular weight is 416 g/mol. The molecule has 6 nitrogen and oxygen atoms in total. The maximum Gasteiger partial charge on any atom is 0.227 e. The number of halogens is 1. The maximum atomic E-state index is 9.66. The minimum atomic E-state index is -0.214. The molecule has 3 heterocycles. The van der Waals surface area contributed by atoms with Crippen LogP contribution in [-0.4, -0.2) is 43.7 Å². The van der Waals surface area contributed by atoms with E-state index in [1.165, 1.54) is 11.2 Å². The third kappa shape index (κ3) is 3.34. The van der Waals surface area contributed by atoms with Crippen molar-refractivity contribution in [3.63, 3.8) is 0 Å². The smallest absolute Gasteiger partial charge is 0.227 e. The number of β-amino-alcohol motifs (C(OH)–C–C–N with tert-alkyl or cyclic N) is 1. The predicted molar refractivity (Wildman–Crippen MR) is 107 cm³/mol. The number of benzene rings is 1. The van der Waals surface area contributed by atoms with Crippen LogP contribution in [0.25, 0.3) is 10.9 Å². The summed E-state index contributed by atoms with van der Waals surface area (Å²) in [4.78, 5) is 11.2. The van der Waals surface area contributed by atoms with Crippen molar-refractivity contribution in [2.45, 2.75) is 26.0 Å². The molecule has 3 aromatic rings. The second kappa shape index (κ2) is 6.98. The monoisotopic (exact) mass is 415 g/mol. The molecule has 0 saturated carbocycles. The van der Waals surface area contributed by atoms with Crippen molar-refractivity contribution < 1.29 is 5.11 Å². The lowest BCUT2D eigenvalue weighted by molar-refractivity contribution is 0.174. The molecule has 1 atom stereocenters. The lowest BCUT2D eigenvalue weighted by Crippen LogP contribution is -2.22. The standard InChI is InChI=1S/C19H22BrN5O/c1-12-18(20)16-9-13(3-4-17(16)24(12)2)22-19-21-7-5-14(23-19)10-25-8-6-15(26)11-25/h3-5,7,9,15,26H,6,8,10-11H2,1-2H3,(H,21,22,23). The van der Waals surface area contributed by atoms with Crippen molar-refractivity contribution in [1.82, 2.24) is 19.4 Å². The largest absolute Gasteiger partial charge is 0.392 e. The molecule has 136 valence electrons. The van der Waals surface area contributed by atoms with E-state index < -0.39 is 0 Å². The van der Waals surface area contributed by atoms with Crippen LogP contribution in [0, 0.1) is 6.92 Å². The van der Waals surface area contributed by atoms with Gasteiger partial charge in [0.25, 0.3) is 0 Å². The van der Waals surface area contributed by atoms with Crippen LogP contribution >= 0.6 is 15.9 Å². The van der Waals surface area contributed by atoms with Gasteiger partial charge in [-0.2, -0.15) is 0 Å². The molecule has 0 aliphatic carbocycles. The van der Waals surface area contributed by atoms with Crippen molar-refractivity contribution in [3.05, 3.63) is 46.3 Å². The number of hydrogen-bond acceptors (Lipinski definition) is 5. The van der Waals surface area contributed by atoms with Crippen LogP contribution < -0.4 is 5.32 Å². The minimum absolute atomic E-state index is 0.214. The highest BCUT2D eigenvalue weighted by molar-refractivity contribution is 9.10. The summed E-state index contributed by atoms with van der Waals surface area (Å²) >= 11 is 3.68. The number of aromatic nitrogens is 3. The van der Waals surface area contributed by atoms with E-state index in [4.69, 9.17) is 0 Å². The number of anilines is 2. The van der Waals surface area contributed by atoms with E-state index >= 15 is 0 Å². The third-order valence-corrected chi connectivity index (χ3v) is 6.02. The second-order valence-electron chi connectivity index (χ2n) is 6.86. The highest BCUT2D eigenvalue weighted by Gasteiger charge is 2.20. The fourth-order valence-corrected chi connectivity index (χ4v) is 4.05. The molecule has 1 fully saturated rings. The van der Waals surface area contributed by atoms with E-state index in [-0.39, 0.29) is 6.10 Å². The number of aryl methyl sites for hydroxylation is 1. The lowest BCUT2D eigenvalue weighted by atomic mass is 10.2. The van der Waals surface area contributed by atoms with Crippen LogP contribution in [0.4, 0.5) is 11.6 Å². The van der Waals surface area contributed by atoms with E-state index in [1.54, 1.807) is 6.20 Å². The fourth-order valence-electron chi connectivity index (χ4n) is 3.46. The van der Waals surface area contributed by atoms with Crippen LogP contribution in [0.2, 0.25) is 0 Å². The number of aliphatic hydroxyl groups is 1. The molecule has 0 bridgehead atoms. The second-order valence-corrected chi connectivity index (χ2v) is 7.66. The molecule has 1 saturated heterocycles. The van der Waals surface area contributed by atoms with Gasteiger partial charge in [0.2, 0.25) is 5.95 Å². The van der Waals surface area contributed by atoms with Crippen LogP contribution in [0.5, 0.6) is 0 Å². The summed E-state index contributed by atoms with van der Waals surface area (Å²) in [5.41, 5.74) is 4.29. The number of fused-ring (bicyclic) bond motifs is 1.